The molecule has 0 spiro atoms. The molecule has 13 heteroatoms. The van der Waals surface area contributed by atoms with E-state index in [4.69, 9.17) is 33.2 Å². The lowest BCUT2D eigenvalue weighted by Crippen LogP contribution is -2.47. The van der Waals surface area contributed by atoms with Gasteiger partial charge in [-0.05, 0) is 102 Å². The molecule has 13 nitrogen and oxygen atoms in total. The normalized spacial score (nSPS) is 12.6. The number of hydrogen-bond donors (Lipinski definition) is 0. The van der Waals surface area contributed by atoms with Gasteiger partial charge in [0.25, 0.3) is 0 Å². The van der Waals surface area contributed by atoms with E-state index >= 15 is 0 Å². The van der Waals surface area contributed by atoms with Crippen LogP contribution < -0.4 is 0 Å². The van der Waals surface area contributed by atoms with Crippen LogP contribution in [0, 0.1) is 10.8 Å². The number of rotatable bonds is 22. The van der Waals surface area contributed by atoms with E-state index in [1.807, 2.05) is 197 Å². The maximum Gasteiger partial charge on any atom is 0.338 e. The minimum Gasteiger partial charge on any atom is -0.461 e. The Balaban J connectivity index is 1.53. The van der Waals surface area contributed by atoms with E-state index < -0.39 is 132 Å². The molecule has 0 aliphatic heterocycles. The molecule has 6 aromatic carbocycles. The Morgan fingerprint density at radius 3 is 0.494 bits per heavy atom. The van der Waals surface area contributed by atoms with Gasteiger partial charge in [0.2, 0.25) is 0 Å². The zero-order valence-electron chi connectivity index (χ0n) is 55.8. The second kappa shape index (κ2) is 28.3. The molecule has 476 valence electrons. The summed E-state index contributed by atoms with van der Waals surface area (Å²) in [6.07, 6.45) is 0. The standard InChI is InChI=1S/C76H94O13/c1-69(2,3)57-37-25-19-31-51(57)63(77)84-45-75(46-85-64(78)52-32-20-26-38-58(52)70(4,5)6,47-86-65(79)53-33-21-27-39-59(53)71(7,8)9)43-83-44-76(48-87-66(80)54-34-22-28-40-60(54)72(10,11)12,49-88-67(81)55-35-23-29-41-61(55)73(13,14)15)50-89-68(82)56-36-24-30-42-62(56)74(16,17)18/h19-42H,43-50H2,1-18H3. The first-order valence-corrected chi connectivity index (χ1v) is 30.6. The topological polar surface area (TPSA) is 167 Å². The summed E-state index contributed by atoms with van der Waals surface area (Å²) in [5.74, 6) is -4.19. The molecule has 0 saturated heterocycles. The molecule has 0 unspecified atom stereocenters. The zero-order valence-corrected chi connectivity index (χ0v) is 55.8. The van der Waals surface area contributed by atoms with Crippen LogP contribution in [0.2, 0.25) is 0 Å². The summed E-state index contributed by atoms with van der Waals surface area (Å²) >= 11 is 0. The molecule has 0 aromatic heterocycles. The number of hydrogen-bond acceptors (Lipinski definition) is 13. The lowest BCUT2D eigenvalue weighted by Gasteiger charge is -2.36. The SMILES string of the molecule is CC(C)(C)c1ccccc1C(=O)OCC(COCC(COC(=O)c1ccccc1C(C)(C)C)(COC(=O)c1ccccc1C(C)(C)C)COC(=O)c1ccccc1C(C)(C)C)(COC(=O)c1ccccc1C(C)(C)C)COC(=O)c1ccccc1C(C)(C)C. The predicted molar refractivity (Wildman–Crippen MR) is 348 cm³/mol. The molecule has 0 saturated carbocycles. The minimum atomic E-state index is -1.70. The first-order chi connectivity index (χ1) is 41.4. The molecule has 6 aromatic rings. The fourth-order valence-electron chi connectivity index (χ4n) is 10.7. The highest BCUT2D eigenvalue weighted by atomic mass is 16.6. The summed E-state index contributed by atoms with van der Waals surface area (Å²) < 4.78 is 44.9. The van der Waals surface area contributed by atoms with E-state index in [0.29, 0.717) is 66.8 Å². The van der Waals surface area contributed by atoms with Gasteiger partial charge in [-0.15, -0.1) is 0 Å². The van der Waals surface area contributed by atoms with Crippen molar-refractivity contribution in [2.24, 2.45) is 10.8 Å². The van der Waals surface area contributed by atoms with Crippen LogP contribution in [0.4, 0.5) is 0 Å². The fourth-order valence-corrected chi connectivity index (χ4v) is 10.7. The number of esters is 6. The molecule has 0 bridgehead atoms. The van der Waals surface area contributed by atoms with E-state index in [1.165, 1.54) is 0 Å². The van der Waals surface area contributed by atoms with Crippen molar-refractivity contribution >= 4 is 35.8 Å². The van der Waals surface area contributed by atoms with Gasteiger partial charge in [-0.1, -0.05) is 234 Å². The van der Waals surface area contributed by atoms with Crippen LogP contribution in [-0.2, 0) is 65.6 Å². The molecule has 0 aliphatic carbocycles. The number of carbonyl (C=O) groups is 6. The minimum absolute atomic E-state index is 0.292. The molecule has 0 atom stereocenters. The smallest absolute Gasteiger partial charge is 0.338 e. The average Bonchev–Trinajstić information content (AvgIpc) is 1.92. The van der Waals surface area contributed by atoms with Crippen LogP contribution in [0.1, 0.15) is 220 Å². The third-order valence-electron chi connectivity index (χ3n) is 15.6. The van der Waals surface area contributed by atoms with Gasteiger partial charge < -0.3 is 33.2 Å². The molecule has 0 aliphatic rings. The first kappa shape index (κ1) is 70.2. The maximum absolute atomic E-state index is 14.7. The van der Waals surface area contributed by atoms with Crippen LogP contribution in [-0.4, -0.2) is 88.7 Å². The fraction of sp³-hybridized carbons (Fsp3) is 0.447. The monoisotopic (exact) mass is 1210 g/mol. The van der Waals surface area contributed by atoms with Crippen molar-refractivity contribution in [3.8, 4) is 0 Å². The van der Waals surface area contributed by atoms with Gasteiger partial charge in [0.05, 0.1) is 57.4 Å². The Morgan fingerprint density at radius 2 is 0.360 bits per heavy atom. The highest BCUT2D eigenvalue weighted by Crippen LogP contribution is 2.35. The van der Waals surface area contributed by atoms with Crippen molar-refractivity contribution in [1.82, 2.24) is 0 Å². The second-order valence-electron chi connectivity index (χ2n) is 29.7. The molecule has 0 amide bonds. The van der Waals surface area contributed by atoms with Crippen molar-refractivity contribution in [3.63, 3.8) is 0 Å². The molecular weight excluding hydrogens is 1120 g/mol. The van der Waals surface area contributed by atoms with Gasteiger partial charge in [0, 0.05) is 0 Å². The van der Waals surface area contributed by atoms with E-state index in [-0.39, 0.29) is 0 Å². The van der Waals surface area contributed by atoms with E-state index in [0.717, 1.165) is 0 Å². The molecule has 0 N–H and O–H groups in total. The van der Waals surface area contributed by atoms with Crippen molar-refractivity contribution < 1.29 is 61.9 Å². The van der Waals surface area contributed by atoms with Crippen molar-refractivity contribution in [2.45, 2.75) is 157 Å². The number of ether oxygens (including phenoxy) is 7. The van der Waals surface area contributed by atoms with Gasteiger partial charge in [0.15, 0.2) is 0 Å². The largest absolute Gasteiger partial charge is 0.461 e. The van der Waals surface area contributed by atoms with Crippen LogP contribution in [0.25, 0.3) is 0 Å². The van der Waals surface area contributed by atoms with Gasteiger partial charge in [-0.25, -0.2) is 28.8 Å². The van der Waals surface area contributed by atoms with Gasteiger partial charge >= 0.3 is 35.8 Å². The molecule has 0 heterocycles. The highest BCUT2D eigenvalue weighted by molar-refractivity contribution is 5.94. The number of benzene rings is 6. The third-order valence-corrected chi connectivity index (χ3v) is 15.6. The summed E-state index contributed by atoms with van der Waals surface area (Å²) in [5, 5.41) is 0. The van der Waals surface area contributed by atoms with Crippen LogP contribution in [0.5, 0.6) is 0 Å². The summed E-state index contributed by atoms with van der Waals surface area (Å²) in [4.78, 5) is 87.9. The van der Waals surface area contributed by atoms with Crippen LogP contribution >= 0.6 is 0 Å². The van der Waals surface area contributed by atoms with Crippen molar-refractivity contribution in [3.05, 3.63) is 212 Å². The Morgan fingerprint density at radius 1 is 0.225 bits per heavy atom. The zero-order chi connectivity index (χ0) is 66.0. The average molecular weight is 1220 g/mol. The Kier molecular flexibility index (Phi) is 22.3. The van der Waals surface area contributed by atoms with E-state index in [1.54, 1.807) is 72.8 Å². The molecule has 0 fully saturated rings. The lowest BCUT2D eigenvalue weighted by molar-refractivity contribution is -0.112. The molecular formula is C76H94O13. The number of carbonyl (C=O) groups excluding carboxylic acids is 6. The molecule has 6 rings (SSSR count). The van der Waals surface area contributed by atoms with Crippen molar-refractivity contribution in [1.29, 1.82) is 0 Å². The Bertz CT molecular complexity index is 2890. The lowest BCUT2D eigenvalue weighted by atomic mass is 9.83. The summed E-state index contributed by atoms with van der Waals surface area (Å²) in [6, 6.07) is 42.6. The quantitative estimate of drug-likeness (QED) is 0.0466. The van der Waals surface area contributed by atoms with Gasteiger partial charge in [-0.2, -0.15) is 0 Å². The Hall–Kier alpha value is -7.90. The summed E-state index contributed by atoms with van der Waals surface area (Å²) in [6.45, 7) is 31.5. The van der Waals surface area contributed by atoms with E-state index in [2.05, 4.69) is 0 Å². The second-order valence-corrected chi connectivity index (χ2v) is 29.7. The third kappa shape index (κ3) is 18.6. The summed E-state index contributed by atoms with van der Waals surface area (Å²) in [7, 11) is 0. The molecule has 89 heavy (non-hydrogen) atoms. The molecule has 0 radical (unpaired) electrons. The maximum atomic E-state index is 14.7. The van der Waals surface area contributed by atoms with Gasteiger partial charge in [0.1, 0.15) is 39.6 Å². The predicted octanol–water partition coefficient (Wildman–Crippen LogP) is 15.9. The van der Waals surface area contributed by atoms with Crippen molar-refractivity contribution in [2.75, 3.05) is 52.9 Å². The van der Waals surface area contributed by atoms with E-state index in [9.17, 15) is 28.8 Å². The van der Waals surface area contributed by atoms with Crippen LogP contribution in [0.3, 0.4) is 0 Å². The first-order valence-electron chi connectivity index (χ1n) is 30.6. The highest BCUT2D eigenvalue weighted by Gasteiger charge is 2.43. The Labute approximate surface area is 528 Å². The summed E-state index contributed by atoms with van der Waals surface area (Å²) in [5.41, 5.74) is -0.289. The van der Waals surface area contributed by atoms with Crippen LogP contribution in [0.15, 0.2) is 146 Å². The van der Waals surface area contributed by atoms with Gasteiger partial charge in [-0.3, -0.25) is 0 Å².